The van der Waals surface area contributed by atoms with Crippen LogP contribution in [0.5, 0.6) is 0 Å². The highest BCUT2D eigenvalue weighted by molar-refractivity contribution is 5.90. The molecule has 212 valence electrons. The first-order valence-corrected chi connectivity index (χ1v) is 15.2. The van der Waals surface area contributed by atoms with Crippen LogP contribution >= 0.6 is 0 Å². The molecule has 5 heteroatoms. The highest BCUT2D eigenvalue weighted by Crippen LogP contribution is 2.25. The Labute approximate surface area is 234 Å². The third kappa shape index (κ3) is 9.56. The molecular formula is C34H47NO4. The second-order valence-electron chi connectivity index (χ2n) is 10.4. The van der Waals surface area contributed by atoms with Gasteiger partial charge < -0.3 is 14.1 Å². The van der Waals surface area contributed by atoms with Crippen molar-refractivity contribution in [2.24, 2.45) is 0 Å². The first kappa shape index (κ1) is 30.5. The Hall–Kier alpha value is -3.08. The third-order valence-electron chi connectivity index (χ3n) is 7.51. The van der Waals surface area contributed by atoms with Crippen LogP contribution in [0.15, 0.2) is 57.7 Å². The standard InChI is InChI=1S/C34H47NO4/c1-4-7-8-9-10-11-12-13-14-15-16-17-24-38-33(36)28-20-18-27(19-21-28)31-25-29-22-23-30(35(5-2)6-3)26-32(29)39-34(31)37/h18-23,25-26H,4-17,24H2,1-3H3. The Morgan fingerprint density at radius 3 is 1.92 bits per heavy atom. The SMILES string of the molecule is CCCCCCCCCCCCCCOC(=O)c1ccc(-c2cc3ccc(N(CC)CC)cc3oc2=O)cc1. The Morgan fingerprint density at radius 2 is 1.33 bits per heavy atom. The minimum Gasteiger partial charge on any atom is -0.462 e. The number of hydrogen-bond acceptors (Lipinski definition) is 5. The summed E-state index contributed by atoms with van der Waals surface area (Å²) >= 11 is 0. The molecule has 0 unspecified atom stereocenters. The van der Waals surface area contributed by atoms with Gasteiger partial charge in [0, 0.05) is 30.2 Å². The van der Waals surface area contributed by atoms with E-state index in [-0.39, 0.29) is 11.6 Å². The van der Waals surface area contributed by atoms with Crippen molar-refractivity contribution in [3.8, 4) is 11.1 Å². The Balaban J connectivity index is 1.41. The fraction of sp³-hybridized carbons (Fsp3) is 0.529. The molecule has 0 saturated carbocycles. The van der Waals surface area contributed by atoms with Gasteiger partial charge >= 0.3 is 11.6 Å². The van der Waals surface area contributed by atoms with Gasteiger partial charge in [-0.15, -0.1) is 0 Å². The second-order valence-corrected chi connectivity index (χ2v) is 10.4. The van der Waals surface area contributed by atoms with E-state index in [1.54, 1.807) is 24.3 Å². The Kier molecular flexibility index (Phi) is 13.1. The van der Waals surface area contributed by atoms with Crippen LogP contribution in [0.2, 0.25) is 0 Å². The van der Waals surface area contributed by atoms with E-state index in [1.807, 2.05) is 18.2 Å². The lowest BCUT2D eigenvalue weighted by Gasteiger charge is -2.21. The van der Waals surface area contributed by atoms with Gasteiger partial charge in [-0.25, -0.2) is 9.59 Å². The number of rotatable bonds is 18. The van der Waals surface area contributed by atoms with Crippen molar-refractivity contribution in [2.45, 2.75) is 97.8 Å². The molecule has 1 aromatic heterocycles. The fourth-order valence-electron chi connectivity index (χ4n) is 5.06. The molecule has 0 fully saturated rings. The summed E-state index contributed by atoms with van der Waals surface area (Å²) in [6, 6.07) is 14.8. The Morgan fingerprint density at radius 1 is 0.744 bits per heavy atom. The molecule has 3 aromatic rings. The van der Waals surface area contributed by atoms with E-state index in [0.29, 0.717) is 23.3 Å². The first-order valence-electron chi connectivity index (χ1n) is 15.2. The lowest BCUT2D eigenvalue weighted by atomic mass is 10.0. The summed E-state index contributed by atoms with van der Waals surface area (Å²) in [6.07, 6.45) is 15.3. The Bertz CT molecular complexity index is 1190. The smallest absolute Gasteiger partial charge is 0.344 e. The molecule has 0 atom stereocenters. The number of esters is 1. The normalized spacial score (nSPS) is 11.2. The molecule has 0 N–H and O–H groups in total. The van der Waals surface area contributed by atoms with Crippen LogP contribution < -0.4 is 10.5 Å². The van der Waals surface area contributed by atoms with Crippen LogP contribution in [0.25, 0.3) is 22.1 Å². The quantitative estimate of drug-likeness (QED) is 0.0926. The average Bonchev–Trinajstić information content (AvgIpc) is 2.95. The van der Waals surface area contributed by atoms with E-state index < -0.39 is 0 Å². The van der Waals surface area contributed by atoms with E-state index in [2.05, 4.69) is 31.7 Å². The van der Waals surface area contributed by atoms with Crippen molar-refractivity contribution in [3.63, 3.8) is 0 Å². The largest absolute Gasteiger partial charge is 0.462 e. The van der Waals surface area contributed by atoms with E-state index in [0.717, 1.165) is 42.6 Å². The topological polar surface area (TPSA) is 59.8 Å². The maximum Gasteiger partial charge on any atom is 0.344 e. The van der Waals surface area contributed by atoms with Gasteiger partial charge in [0.15, 0.2) is 0 Å². The molecular weight excluding hydrogens is 486 g/mol. The van der Waals surface area contributed by atoms with Crippen molar-refractivity contribution in [1.82, 2.24) is 0 Å². The van der Waals surface area contributed by atoms with Crippen molar-refractivity contribution in [2.75, 3.05) is 24.6 Å². The number of nitrogens with zero attached hydrogens (tertiary/aromatic N) is 1. The third-order valence-corrected chi connectivity index (χ3v) is 7.51. The highest BCUT2D eigenvalue weighted by Gasteiger charge is 2.12. The van der Waals surface area contributed by atoms with Gasteiger partial charge in [0.2, 0.25) is 0 Å². The van der Waals surface area contributed by atoms with Crippen molar-refractivity contribution < 1.29 is 13.9 Å². The van der Waals surface area contributed by atoms with Crippen LogP contribution in [0, 0.1) is 0 Å². The van der Waals surface area contributed by atoms with E-state index in [4.69, 9.17) is 9.15 Å². The van der Waals surface area contributed by atoms with Gasteiger partial charge in [0.1, 0.15) is 5.58 Å². The number of ether oxygens (including phenoxy) is 1. The maximum atomic E-state index is 12.8. The summed E-state index contributed by atoms with van der Waals surface area (Å²) in [7, 11) is 0. The molecule has 1 heterocycles. The van der Waals surface area contributed by atoms with Crippen LogP contribution in [0.3, 0.4) is 0 Å². The lowest BCUT2D eigenvalue weighted by molar-refractivity contribution is 0.0497. The van der Waals surface area contributed by atoms with Gasteiger partial charge in [0.05, 0.1) is 17.7 Å². The molecule has 0 saturated heterocycles. The van der Waals surface area contributed by atoms with Crippen LogP contribution in [-0.2, 0) is 4.74 Å². The molecule has 5 nitrogen and oxygen atoms in total. The van der Waals surface area contributed by atoms with Gasteiger partial charge in [-0.3, -0.25) is 0 Å². The van der Waals surface area contributed by atoms with E-state index >= 15 is 0 Å². The van der Waals surface area contributed by atoms with Gasteiger partial charge in [-0.1, -0.05) is 89.7 Å². The number of benzene rings is 2. The van der Waals surface area contributed by atoms with Crippen molar-refractivity contribution in [3.05, 3.63) is 64.5 Å². The van der Waals surface area contributed by atoms with E-state index in [9.17, 15) is 9.59 Å². The number of carbonyl (C=O) groups is 1. The van der Waals surface area contributed by atoms with Crippen LogP contribution in [0.1, 0.15) is 108 Å². The number of anilines is 1. The number of carbonyl (C=O) groups excluding carboxylic acids is 1. The molecule has 0 amide bonds. The summed E-state index contributed by atoms with van der Waals surface area (Å²) in [5.41, 5.74) is 2.92. The zero-order valence-electron chi connectivity index (χ0n) is 24.3. The zero-order valence-corrected chi connectivity index (χ0v) is 24.3. The first-order chi connectivity index (χ1) is 19.1. The van der Waals surface area contributed by atoms with Crippen molar-refractivity contribution in [1.29, 1.82) is 0 Å². The summed E-state index contributed by atoms with van der Waals surface area (Å²) in [5.74, 6) is -0.320. The van der Waals surface area contributed by atoms with Gasteiger partial charge in [-0.05, 0) is 56.2 Å². The molecule has 0 aliphatic carbocycles. The highest BCUT2D eigenvalue weighted by atomic mass is 16.5. The molecule has 3 rings (SSSR count). The minimum absolute atomic E-state index is 0.320. The number of unbranched alkanes of at least 4 members (excludes halogenated alkanes) is 11. The summed E-state index contributed by atoms with van der Waals surface area (Å²) in [4.78, 5) is 27.4. The molecule has 39 heavy (non-hydrogen) atoms. The predicted octanol–water partition coefficient (Wildman–Crippen LogP) is 9.16. The van der Waals surface area contributed by atoms with Crippen LogP contribution in [0.4, 0.5) is 5.69 Å². The number of hydrogen-bond donors (Lipinski definition) is 0. The lowest BCUT2D eigenvalue weighted by Crippen LogP contribution is -2.21. The molecule has 0 radical (unpaired) electrons. The van der Waals surface area contributed by atoms with Gasteiger partial charge in [-0.2, -0.15) is 0 Å². The second kappa shape index (κ2) is 16.8. The molecule has 0 spiro atoms. The van der Waals surface area contributed by atoms with E-state index in [1.165, 1.54) is 64.2 Å². The molecule has 0 aliphatic rings. The zero-order chi connectivity index (χ0) is 27.9. The minimum atomic E-state index is -0.388. The van der Waals surface area contributed by atoms with Crippen molar-refractivity contribution >= 4 is 22.6 Å². The number of fused-ring (bicyclic) bond motifs is 1. The maximum absolute atomic E-state index is 12.8. The average molecular weight is 534 g/mol. The fourth-order valence-corrected chi connectivity index (χ4v) is 5.06. The molecule has 0 aliphatic heterocycles. The molecule has 0 bridgehead atoms. The summed E-state index contributed by atoms with van der Waals surface area (Å²) in [6.45, 7) is 8.69. The van der Waals surface area contributed by atoms with Gasteiger partial charge in [0.25, 0.3) is 0 Å². The monoisotopic (exact) mass is 533 g/mol. The molecule has 2 aromatic carbocycles. The summed E-state index contributed by atoms with van der Waals surface area (Å²) < 4.78 is 11.1. The predicted molar refractivity (Wildman–Crippen MR) is 163 cm³/mol. The van der Waals surface area contributed by atoms with Crippen LogP contribution in [-0.4, -0.2) is 25.7 Å². The summed E-state index contributed by atoms with van der Waals surface area (Å²) in [5, 5.41) is 0.867.